The highest BCUT2D eigenvalue weighted by molar-refractivity contribution is 5.80. The summed E-state index contributed by atoms with van der Waals surface area (Å²) in [6.07, 6.45) is 2.46. The van der Waals surface area contributed by atoms with Gasteiger partial charge < -0.3 is 10.0 Å². The van der Waals surface area contributed by atoms with Crippen LogP contribution < -0.4 is 0 Å². The zero-order valence-electron chi connectivity index (χ0n) is 9.66. The third-order valence-corrected chi connectivity index (χ3v) is 3.14. The van der Waals surface area contributed by atoms with Crippen LogP contribution in [0.1, 0.15) is 19.4 Å². The molecular formula is C11H16FN3O2. The summed E-state index contributed by atoms with van der Waals surface area (Å²) in [6, 6.07) is 0.856. The molecule has 94 valence electrons. The summed E-state index contributed by atoms with van der Waals surface area (Å²) in [5, 5.41) is 13.1. The van der Waals surface area contributed by atoms with Gasteiger partial charge in [0.25, 0.3) is 0 Å². The Morgan fingerprint density at radius 1 is 1.71 bits per heavy atom. The second-order valence-corrected chi connectivity index (χ2v) is 4.32. The maximum atomic E-state index is 13.2. The average molecular weight is 241 g/mol. The van der Waals surface area contributed by atoms with Gasteiger partial charge in [-0.1, -0.05) is 0 Å². The SMILES string of the molecule is CC(C(=O)N1C[C@@H](F)C[C@H]1CO)n1cccn1. The van der Waals surface area contributed by atoms with Gasteiger partial charge in [-0.25, -0.2) is 4.39 Å². The van der Waals surface area contributed by atoms with Crippen molar-refractivity contribution in [2.75, 3.05) is 13.2 Å². The summed E-state index contributed by atoms with van der Waals surface area (Å²) < 4.78 is 14.8. The highest BCUT2D eigenvalue weighted by Gasteiger charge is 2.37. The van der Waals surface area contributed by atoms with E-state index in [2.05, 4.69) is 5.10 Å². The van der Waals surface area contributed by atoms with Crippen molar-refractivity contribution in [1.82, 2.24) is 14.7 Å². The summed E-state index contributed by atoms with van der Waals surface area (Å²) >= 11 is 0. The number of carbonyl (C=O) groups excluding carboxylic acids is 1. The Bertz CT molecular complexity index is 382. The highest BCUT2D eigenvalue weighted by Crippen LogP contribution is 2.23. The molecule has 3 atom stereocenters. The van der Waals surface area contributed by atoms with Crippen LogP contribution in [0.15, 0.2) is 18.5 Å². The Morgan fingerprint density at radius 2 is 2.47 bits per heavy atom. The van der Waals surface area contributed by atoms with Gasteiger partial charge >= 0.3 is 0 Å². The van der Waals surface area contributed by atoms with Gasteiger partial charge in [-0.15, -0.1) is 0 Å². The number of nitrogens with zero attached hydrogens (tertiary/aromatic N) is 3. The fourth-order valence-electron chi connectivity index (χ4n) is 2.17. The van der Waals surface area contributed by atoms with Crippen LogP contribution in [0, 0.1) is 0 Å². The van der Waals surface area contributed by atoms with Crippen LogP contribution in [-0.4, -0.2) is 51.1 Å². The standard InChI is InChI=1S/C11H16FN3O2/c1-8(15-4-2-3-13-15)11(17)14-6-9(12)5-10(14)7-16/h2-4,8-10,16H,5-7H2,1H3/t8?,9-,10-/m0/s1. The van der Waals surface area contributed by atoms with Gasteiger partial charge in [0.2, 0.25) is 5.91 Å². The molecule has 0 aromatic carbocycles. The Hall–Kier alpha value is -1.43. The minimum atomic E-state index is -1.04. The number of aliphatic hydroxyl groups is 1. The Kier molecular flexibility index (Phi) is 3.42. The number of hydrogen-bond acceptors (Lipinski definition) is 3. The molecule has 5 nitrogen and oxygen atoms in total. The number of halogens is 1. The van der Waals surface area contributed by atoms with E-state index in [0.717, 1.165) is 0 Å². The number of carbonyl (C=O) groups is 1. The third kappa shape index (κ3) is 2.31. The summed E-state index contributed by atoms with van der Waals surface area (Å²) in [5.74, 6) is -0.201. The Balaban J connectivity index is 2.09. The van der Waals surface area contributed by atoms with E-state index in [1.54, 1.807) is 25.4 Å². The largest absolute Gasteiger partial charge is 0.394 e. The summed E-state index contributed by atoms with van der Waals surface area (Å²) in [5.41, 5.74) is 0. The van der Waals surface area contributed by atoms with Crippen molar-refractivity contribution in [3.63, 3.8) is 0 Å². The number of aliphatic hydroxyl groups excluding tert-OH is 1. The first-order valence-electron chi connectivity index (χ1n) is 5.68. The molecule has 1 saturated heterocycles. The van der Waals surface area contributed by atoms with Crippen LogP contribution in [0.2, 0.25) is 0 Å². The van der Waals surface area contributed by atoms with Crippen molar-refractivity contribution in [3.8, 4) is 0 Å². The van der Waals surface area contributed by atoms with E-state index in [1.165, 1.54) is 9.58 Å². The first-order chi connectivity index (χ1) is 8.13. The van der Waals surface area contributed by atoms with Crippen LogP contribution >= 0.6 is 0 Å². The van der Waals surface area contributed by atoms with Gasteiger partial charge in [-0.2, -0.15) is 5.10 Å². The normalized spacial score (nSPS) is 26.2. The fraction of sp³-hybridized carbons (Fsp3) is 0.636. The second kappa shape index (κ2) is 4.83. The Labute approximate surface area is 98.8 Å². The van der Waals surface area contributed by atoms with E-state index in [9.17, 15) is 9.18 Å². The highest BCUT2D eigenvalue weighted by atomic mass is 19.1. The molecule has 0 aliphatic carbocycles. The molecule has 0 saturated carbocycles. The number of likely N-dealkylation sites (tertiary alicyclic amines) is 1. The molecule has 2 heterocycles. The van der Waals surface area contributed by atoms with Crippen molar-refractivity contribution in [1.29, 1.82) is 0 Å². The quantitative estimate of drug-likeness (QED) is 0.832. The molecule has 1 aliphatic rings. The monoisotopic (exact) mass is 241 g/mol. The van der Waals surface area contributed by atoms with Gasteiger partial charge in [0.1, 0.15) is 12.2 Å². The summed E-state index contributed by atoms with van der Waals surface area (Å²) in [4.78, 5) is 13.6. The van der Waals surface area contributed by atoms with E-state index in [1.807, 2.05) is 0 Å². The average Bonchev–Trinajstić information content (AvgIpc) is 2.95. The van der Waals surface area contributed by atoms with Gasteiger partial charge in [0, 0.05) is 18.8 Å². The van der Waals surface area contributed by atoms with Crippen LogP contribution in [0.3, 0.4) is 0 Å². The molecule has 6 heteroatoms. The van der Waals surface area contributed by atoms with Crippen molar-refractivity contribution < 1.29 is 14.3 Å². The molecule has 1 aromatic heterocycles. The number of alkyl halides is 1. The van der Waals surface area contributed by atoms with Crippen molar-refractivity contribution in [2.45, 2.75) is 31.6 Å². The second-order valence-electron chi connectivity index (χ2n) is 4.32. The van der Waals surface area contributed by atoms with E-state index in [-0.39, 0.29) is 25.5 Å². The molecule has 1 fully saturated rings. The van der Waals surface area contributed by atoms with Crippen LogP contribution in [0.25, 0.3) is 0 Å². The zero-order chi connectivity index (χ0) is 12.4. The predicted octanol–water partition coefficient (Wildman–Crippen LogP) is 0.375. The van der Waals surface area contributed by atoms with Crippen molar-refractivity contribution in [2.24, 2.45) is 0 Å². The van der Waals surface area contributed by atoms with Gasteiger partial charge in [-0.3, -0.25) is 9.48 Å². The molecule has 1 N–H and O–H groups in total. The number of amides is 1. The van der Waals surface area contributed by atoms with E-state index < -0.39 is 18.3 Å². The summed E-state index contributed by atoms with van der Waals surface area (Å²) in [6.45, 7) is 1.59. The fourth-order valence-corrected chi connectivity index (χ4v) is 2.17. The Morgan fingerprint density at radius 3 is 3.06 bits per heavy atom. The van der Waals surface area contributed by atoms with Gasteiger partial charge in [-0.05, 0) is 13.0 Å². The predicted molar refractivity (Wildman–Crippen MR) is 59.0 cm³/mol. The van der Waals surface area contributed by atoms with Gasteiger partial charge in [0.15, 0.2) is 0 Å². The lowest BCUT2D eigenvalue weighted by molar-refractivity contribution is -0.136. The maximum absolute atomic E-state index is 13.2. The maximum Gasteiger partial charge on any atom is 0.247 e. The topological polar surface area (TPSA) is 58.4 Å². The molecule has 0 spiro atoms. The van der Waals surface area contributed by atoms with Crippen molar-refractivity contribution >= 4 is 5.91 Å². The lowest BCUT2D eigenvalue weighted by atomic mass is 10.2. The molecule has 0 bridgehead atoms. The number of hydrogen-bond donors (Lipinski definition) is 1. The molecule has 0 radical (unpaired) electrons. The van der Waals surface area contributed by atoms with Crippen molar-refractivity contribution in [3.05, 3.63) is 18.5 Å². The molecule has 2 rings (SSSR count). The van der Waals surface area contributed by atoms with Crippen LogP contribution in [0.4, 0.5) is 4.39 Å². The van der Waals surface area contributed by atoms with E-state index >= 15 is 0 Å². The first-order valence-corrected chi connectivity index (χ1v) is 5.68. The summed E-state index contributed by atoms with van der Waals surface area (Å²) in [7, 11) is 0. The first kappa shape index (κ1) is 12.0. The van der Waals surface area contributed by atoms with E-state index in [4.69, 9.17) is 5.11 Å². The van der Waals surface area contributed by atoms with Crippen LogP contribution in [-0.2, 0) is 4.79 Å². The molecule has 1 unspecified atom stereocenters. The molecule has 1 aromatic rings. The van der Waals surface area contributed by atoms with E-state index in [0.29, 0.717) is 0 Å². The van der Waals surface area contributed by atoms with Gasteiger partial charge in [0.05, 0.1) is 19.2 Å². The van der Waals surface area contributed by atoms with Crippen LogP contribution in [0.5, 0.6) is 0 Å². The molecule has 1 amide bonds. The zero-order valence-corrected chi connectivity index (χ0v) is 9.66. The molecule has 17 heavy (non-hydrogen) atoms. The minimum Gasteiger partial charge on any atom is -0.394 e. The molecule has 1 aliphatic heterocycles. The molecular weight excluding hydrogens is 225 g/mol. The lowest BCUT2D eigenvalue weighted by Gasteiger charge is -2.25. The number of aromatic nitrogens is 2. The smallest absolute Gasteiger partial charge is 0.247 e. The minimum absolute atomic E-state index is 0.0651. The lowest BCUT2D eigenvalue weighted by Crippen LogP contribution is -2.41. The third-order valence-electron chi connectivity index (χ3n) is 3.14. The number of rotatable bonds is 3.